The van der Waals surface area contributed by atoms with Gasteiger partial charge < -0.3 is 19.7 Å². The maximum Gasteiger partial charge on any atom is 0.410 e. The molecule has 1 saturated heterocycles. The van der Waals surface area contributed by atoms with Crippen LogP contribution in [0.1, 0.15) is 61.3 Å². The van der Waals surface area contributed by atoms with E-state index in [1.165, 1.54) is 4.90 Å². The Morgan fingerprint density at radius 2 is 1.72 bits per heavy atom. The maximum absolute atomic E-state index is 12.4. The summed E-state index contributed by atoms with van der Waals surface area (Å²) in [5, 5.41) is 2.78. The number of hydrogen-bond donors (Lipinski definition) is 1. The van der Waals surface area contributed by atoms with Gasteiger partial charge in [-0.2, -0.15) is 0 Å². The van der Waals surface area contributed by atoms with Gasteiger partial charge in [-0.1, -0.05) is 0 Å². The lowest BCUT2D eigenvalue weighted by atomic mass is 9.98. The van der Waals surface area contributed by atoms with Crippen LogP contribution in [0.5, 0.6) is 0 Å². The van der Waals surface area contributed by atoms with Gasteiger partial charge in [0.15, 0.2) is 6.10 Å². The summed E-state index contributed by atoms with van der Waals surface area (Å²) < 4.78 is 10.6. The molecule has 0 aromatic carbocycles. The minimum atomic E-state index is -0.872. The largest absolute Gasteiger partial charge is 0.452 e. The summed E-state index contributed by atoms with van der Waals surface area (Å²) in [5.41, 5.74) is -0.972. The van der Waals surface area contributed by atoms with Crippen LogP contribution in [0.2, 0.25) is 0 Å². The first-order valence-corrected chi connectivity index (χ1v) is 8.79. The van der Waals surface area contributed by atoms with E-state index in [0.29, 0.717) is 19.4 Å². The fraction of sp³-hybridized carbons (Fsp3) is 0.833. The molecular weight excluding hydrogens is 324 g/mol. The number of hydrogen-bond acceptors (Lipinski definition) is 5. The fourth-order valence-electron chi connectivity index (χ4n) is 2.46. The quantitative estimate of drug-likeness (QED) is 0.785. The molecule has 1 fully saturated rings. The molecule has 144 valence electrons. The van der Waals surface area contributed by atoms with Gasteiger partial charge in [0.1, 0.15) is 5.60 Å². The third-order valence-corrected chi connectivity index (χ3v) is 3.57. The van der Waals surface area contributed by atoms with E-state index in [1.807, 2.05) is 20.8 Å². The molecule has 25 heavy (non-hydrogen) atoms. The predicted molar refractivity (Wildman–Crippen MR) is 94.0 cm³/mol. The van der Waals surface area contributed by atoms with E-state index in [2.05, 4.69) is 5.32 Å². The number of amides is 2. The second-order valence-corrected chi connectivity index (χ2v) is 8.58. The number of likely N-dealkylation sites (tertiary alicyclic amines) is 1. The molecule has 0 aromatic heterocycles. The highest BCUT2D eigenvalue weighted by atomic mass is 16.6. The van der Waals surface area contributed by atoms with Crippen molar-refractivity contribution in [3.05, 3.63) is 0 Å². The molecule has 2 amide bonds. The van der Waals surface area contributed by atoms with Crippen LogP contribution in [0.4, 0.5) is 4.79 Å². The summed E-state index contributed by atoms with van der Waals surface area (Å²) in [6.45, 7) is 13.3. The molecule has 7 heteroatoms. The van der Waals surface area contributed by atoms with Crippen molar-refractivity contribution < 1.29 is 23.9 Å². The minimum Gasteiger partial charge on any atom is -0.452 e. The van der Waals surface area contributed by atoms with Gasteiger partial charge in [0.05, 0.1) is 5.92 Å². The SMILES string of the molecule is CC(OC(=O)C1CCCN(C(=O)OC(C)(C)C)C1)C(=O)NC(C)(C)C. The highest BCUT2D eigenvalue weighted by Gasteiger charge is 2.33. The first-order chi connectivity index (χ1) is 11.3. The third-order valence-electron chi connectivity index (χ3n) is 3.57. The van der Waals surface area contributed by atoms with E-state index in [1.54, 1.807) is 27.7 Å². The highest BCUT2D eigenvalue weighted by molar-refractivity contribution is 5.84. The van der Waals surface area contributed by atoms with Crippen LogP contribution >= 0.6 is 0 Å². The van der Waals surface area contributed by atoms with Crippen molar-refractivity contribution >= 4 is 18.0 Å². The number of nitrogens with zero attached hydrogens (tertiary/aromatic N) is 1. The van der Waals surface area contributed by atoms with Gasteiger partial charge >= 0.3 is 12.1 Å². The molecule has 0 saturated carbocycles. The lowest BCUT2D eigenvalue weighted by Crippen LogP contribution is -2.48. The second-order valence-electron chi connectivity index (χ2n) is 8.58. The first kappa shape index (κ1) is 21.3. The highest BCUT2D eigenvalue weighted by Crippen LogP contribution is 2.21. The number of nitrogens with one attached hydrogen (secondary N) is 1. The molecule has 1 aliphatic rings. The van der Waals surface area contributed by atoms with Crippen molar-refractivity contribution in [2.45, 2.75) is 78.6 Å². The predicted octanol–water partition coefficient (Wildman–Crippen LogP) is 2.48. The molecule has 0 radical (unpaired) electrons. The molecule has 1 heterocycles. The van der Waals surface area contributed by atoms with Crippen LogP contribution in [-0.4, -0.2) is 53.2 Å². The number of esters is 1. The number of rotatable bonds is 3. The summed E-state index contributed by atoms with van der Waals surface area (Å²) in [6, 6.07) is 0. The smallest absolute Gasteiger partial charge is 0.410 e. The van der Waals surface area contributed by atoms with E-state index in [9.17, 15) is 14.4 Å². The topological polar surface area (TPSA) is 84.9 Å². The Balaban J connectivity index is 2.58. The molecular formula is C18H32N2O5. The van der Waals surface area contributed by atoms with Crippen molar-refractivity contribution in [1.29, 1.82) is 0 Å². The average Bonchev–Trinajstić information content (AvgIpc) is 2.43. The first-order valence-electron chi connectivity index (χ1n) is 8.79. The number of carbonyl (C=O) groups excluding carboxylic acids is 3. The Bertz CT molecular complexity index is 505. The molecule has 2 unspecified atom stereocenters. The zero-order valence-corrected chi connectivity index (χ0v) is 16.5. The van der Waals surface area contributed by atoms with Crippen LogP contribution in [0.25, 0.3) is 0 Å². The summed E-state index contributed by atoms with van der Waals surface area (Å²) in [6.07, 6.45) is 0.0278. The van der Waals surface area contributed by atoms with Crippen LogP contribution in [0.3, 0.4) is 0 Å². The fourth-order valence-corrected chi connectivity index (χ4v) is 2.46. The maximum atomic E-state index is 12.4. The Morgan fingerprint density at radius 1 is 1.12 bits per heavy atom. The summed E-state index contributed by atoms with van der Waals surface area (Å²) in [4.78, 5) is 38.1. The normalized spacial score (nSPS) is 19.8. The second kappa shape index (κ2) is 8.06. The van der Waals surface area contributed by atoms with E-state index in [-0.39, 0.29) is 12.5 Å². The molecule has 0 aromatic rings. The average molecular weight is 356 g/mol. The van der Waals surface area contributed by atoms with E-state index in [4.69, 9.17) is 9.47 Å². The van der Waals surface area contributed by atoms with Gasteiger partial charge in [0.2, 0.25) is 0 Å². The van der Waals surface area contributed by atoms with E-state index < -0.39 is 35.2 Å². The van der Waals surface area contributed by atoms with Gasteiger partial charge in [0.25, 0.3) is 5.91 Å². The molecule has 7 nitrogen and oxygen atoms in total. The molecule has 0 spiro atoms. The van der Waals surface area contributed by atoms with Crippen LogP contribution < -0.4 is 5.32 Å². The van der Waals surface area contributed by atoms with Gasteiger partial charge in [0, 0.05) is 18.6 Å². The van der Waals surface area contributed by atoms with Crippen LogP contribution in [0, 0.1) is 5.92 Å². The van der Waals surface area contributed by atoms with E-state index >= 15 is 0 Å². The van der Waals surface area contributed by atoms with Gasteiger partial charge in [-0.3, -0.25) is 9.59 Å². The van der Waals surface area contributed by atoms with Gasteiger partial charge in [-0.15, -0.1) is 0 Å². The molecule has 1 aliphatic heterocycles. The number of carbonyl (C=O) groups is 3. The molecule has 1 N–H and O–H groups in total. The Morgan fingerprint density at radius 3 is 2.24 bits per heavy atom. The van der Waals surface area contributed by atoms with Crippen molar-refractivity contribution in [2.24, 2.45) is 5.92 Å². The van der Waals surface area contributed by atoms with Crippen molar-refractivity contribution in [3.63, 3.8) is 0 Å². The Labute approximate surface area is 150 Å². The summed E-state index contributed by atoms with van der Waals surface area (Å²) in [5.74, 6) is -1.23. The molecule has 2 atom stereocenters. The lowest BCUT2D eigenvalue weighted by Gasteiger charge is -2.33. The minimum absolute atomic E-state index is 0.251. The van der Waals surface area contributed by atoms with Crippen molar-refractivity contribution in [1.82, 2.24) is 10.2 Å². The van der Waals surface area contributed by atoms with E-state index in [0.717, 1.165) is 0 Å². The van der Waals surface area contributed by atoms with Gasteiger partial charge in [-0.25, -0.2) is 4.79 Å². The lowest BCUT2D eigenvalue weighted by molar-refractivity contribution is -0.160. The molecule has 0 aliphatic carbocycles. The van der Waals surface area contributed by atoms with Crippen molar-refractivity contribution in [3.8, 4) is 0 Å². The van der Waals surface area contributed by atoms with Crippen LogP contribution in [-0.2, 0) is 19.1 Å². The zero-order valence-electron chi connectivity index (χ0n) is 16.5. The molecule has 1 rings (SSSR count). The summed E-state index contributed by atoms with van der Waals surface area (Å²) >= 11 is 0. The Kier molecular flexibility index (Phi) is 6.85. The number of ether oxygens (including phenoxy) is 2. The zero-order chi connectivity index (χ0) is 19.4. The van der Waals surface area contributed by atoms with Crippen molar-refractivity contribution in [2.75, 3.05) is 13.1 Å². The Hall–Kier alpha value is -1.79. The standard InChI is InChI=1S/C18H32N2O5/c1-12(14(21)19-17(2,3)4)24-15(22)13-9-8-10-20(11-13)16(23)25-18(5,6)7/h12-13H,8-11H2,1-7H3,(H,19,21). The number of piperidine rings is 1. The van der Waals surface area contributed by atoms with Gasteiger partial charge in [-0.05, 0) is 61.3 Å². The summed E-state index contributed by atoms with van der Waals surface area (Å²) in [7, 11) is 0. The van der Waals surface area contributed by atoms with Crippen LogP contribution in [0.15, 0.2) is 0 Å². The molecule has 0 bridgehead atoms. The third kappa shape index (κ3) is 7.75. The monoisotopic (exact) mass is 356 g/mol.